The number of nitro groups is 1. The number of nitrogens with one attached hydrogen (secondary N) is 1. The van der Waals surface area contributed by atoms with Gasteiger partial charge >= 0.3 is 5.69 Å². The van der Waals surface area contributed by atoms with Crippen molar-refractivity contribution in [3.8, 4) is 0 Å². The molecule has 112 valence electrons. The maximum atomic E-state index is 11.3. The number of aromatic nitrogens is 1. The van der Waals surface area contributed by atoms with Crippen LogP contribution < -0.4 is 5.32 Å². The van der Waals surface area contributed by atoms with Crippen molar-refractivity contribution in [2.24, 2.45) is 0 Å². The number of fused-ring (bicyclic) bond motifs is 1. The summed E-state index contributed by atoms with van der Waals surface area (Å²) in [5.41, 5.74) is 1.68. The molecule has 2 N–H and O–H groups in total. The minimum atomic E-state index is -0.761. The summed E-state index contributed by atoms with van der Waals surface area (Å²) in [6.07, 6.45) is 4.64. The Kier molecular flexibility index (Phi) is 3.77. The fraction of sp³-hybridized carbons (Fsp3) is 0.500. The highest BCUT2D eigenvalue weighted by Crippen LogP contribution is 2.35. The second kappa shape index (κ2) is 5.57. The van der Waals surface area contributed by atoms with Crippen molar-refractivity contribution in [2.75, 3.05) is 11.9 Å². The van der Waals surface area contributed by atoms with Gasteiger partial charge in [-0.3, -0.25) is 10.1 Å². The maximum absolute atomic E-state index is 11.3. The Balaban J connectivity index is 1.86. The maximum Gasteiger partial charge on any atom is 0.319 e. The van der Waals surface area contributed by atoms with Crippen molar-refractivity contribution >= 4 is 32.9 Å². The lowest BCUT2D eigenvalue weighted by molar-refractivity contribution is -0.382. The van der Waals surface area contributed by atoms with E-state index in [0.717, 1.165) is 36.8 Å². The van der Waals surface area contributed by atoms with Gasteiger partial charge in [-0.25, -0.2) is 4.98 Å². The van der Waals surface area contributed by atoms with Crippen LogP contribution in [0.15, 0.2) is 17.6 Å². The molecule has 1 fully saturated rings. The third-order valence-electron chi connectivity index (χ3n) is 4.05. The van der Waals surface area contributed by atoms with Gasteiger partial charge in [-0.15, -0.1) is 11.3 Å². The van der Waals surface area contributed by atoms with E-state index in [2.05, 4.69) is 10.3 Å². The predicted octanol–water partition coefficient (Wildman–Crippen LogP) is 3.31. The number of thiazole rings is 1. The lowest BCUT2D eigenvalue weighted by Crippen LogP contribution is -2.38. The van der Waals surface area contributed by atoms with Gasteiger partial charge in [0, 0.05) is 6.54 Å². The van der Waals surface area contributed by atoms with Gasteiger partial charge in [0.15, 0.2) is 5.52 Å². The summed E-state index contributed by atoms with van der Waals surface area (Å²) in [4.78, 5) is 15.0. The van der Waals surface area contributed by atoms with E-state index in [1.165, 1.54) is 11.3 Å². The first-order valence-electron chi connectivity index (χ1n) is 7.06. The summed E-state index contributed by atoms with van der Waals surface area (Å²) in [6, 6.07) is 3.53. The Hall–Kier alpha value is -1.73. The molecular formula is C14H17N3O3S. The topological polar surface area (TPSA) is 88.3 Å². The van der Waals surface area contributed by atoms with Crippen molar-refractivity contribution in [3.63, 3.8) is 0 Å². The molecule has 0 atom stereocenters. The molecule has 1 aliphatic carbocycles. The Bertz CT molecular complexity index is 665. The molecule has 1 aromatic carbocycles. The summed E-state index contributed by atoms with van der Waals surface area (Å²) < 4.78 is 0.795. The molecule has 0 spiro atoms. The van der Waals surface area contributed by atoms with Gasteiger partial charge in [0.25, 0.3) is 0 Å². The summed E-state index contributed by atoms with van der Waals surface area (Å²) in [5, 5.41) is 24.9. The van der Waals surface area contributed by atoms with E-state index in [-0.39, 0.29) is 5.69 Å². The highest BCUT2D eigenvalue weighted by Gasteiger charge is 2.30. The van der Waals surface area contributed by atoms with Gasteiger partial charge in [-0.1, -0.05) is 19.3 Å². The molecule has 1 aromatic heterocycles. The molecule has 0 aliphatic heterocycles. The van der Waals surface area contributed by atoms with Crippen LogP contribution in [-0.2, 0) is 0 Å². The predicted molar refractivity (Wildman–Crippen MR) is 82.8 cm³/mol. The minimum absolute atomic E-state index is 0.00633. The Morgan fingerprint density at radius 2 is 2.14 bits per heavy atom. The number of rotatable bonds is 4. The molecule has 6 nitrogen and oxygen atoms in total. The Labute approximate surface area is 126 Å². The van der Waals surface area contributed by atoms with Crippen LogP contribution >= 0.6 is 11.3 Å². The lowest BCUT2D eigenvalue weighted by Gasteiger charge is -2.32. The van der Waals surface area contributed by atoms with E-state index in [4.69, 9.17) is 0 Å². The quantitative estimate of drug-likeness (QED) is 0.668. The van der Waals surface area contributed by atoms with Crippen LogP contribution in [0.2, 0.25) is 0 Å². The third-order valence-corrected chi connectivity index (χ3v) is 4.84. The smallest absolute Gasteiger partial charge is 0.319 e. The van der Waals surface area contributed by atoms with Gasteiger partial charge in [-0.05, 0) is 25.0 Å². The Morgan fingerprint density at radius 1 is 1.38 bits per heavy atom. The second-order valence-corrected chi connectivity index (χ2v) is 6.44. The van der Waals surface area contributed by atoms with Crippen molar-refractivity contribution in [3.05, 3.63) is 27.8 Å². The molecule has 0 saturated heterocycles. The van der Waals surface area contributed by atoms with Crippen molar-refractivity contribution in [1.29, 1.82) is 0 Å². The SMILES string of the molecule is O=[N+]([O-])c1c(NCC2(O)CCCCC2)ccc2scnc12. The monoisotopic (exact) mass is 307 g/mol. The zero-order valence-corrected chi connectivity index (χ0v) is 12.4. The fourth-order valence-electron chi connectivity index (χ4n) is 2.89. The normalized spacial score (nSPS) is 17.8. The van der Waals surface area contributed by atoms with Crippen LogP contribution in [0, 0.1) is 10.1 Å². The molecule has 3 rings (SSSR count). The van der Waals surface area contributed by atoms with Crippen LogP contribution in [0.25, 0.3) is 10.2 Å². The third kappa shape index (κ3) is 2.84. The van der Waals surface area contributed by atoms with Crippen molar-refractivity contribution in [1.82, 2.24) is 4.98 Å². The fourth-order valence-corrected chi connectivity index (χ4v) is 3.57. The Morgan fingerprint density at radius 3 is 2.86 bits per heavy atom. The molecule has 1 aliphatic rings. The number of anilines is 1. The molecule has 21 heavy (non-hydrogen) atoms. The lowest BCUT2D eigenvalue weighted by atomic mass is 9.85. The van der Waals surface area contributed by atoms with E-state index in [1.807, 2.05) is 6.07 Å². The average molecular weight is 307 g/mol. The molecule has 1 saturated carbocycles. The van der Waals surface area contributed by atoms with E-state index in [1.54, 1.807) is 11.6 Å². The molecule has 0 radical (unpaired) electrons. The largest absolute Gasteiger partial charge is 0.388 e. The average Bonchev–Trinajstić information content (AvgIpc) is 2.93. The first-order valence-corrected chi connectivity index (χ1v) is 7.94. The number of nitro benzene ring substituents is 1. The van der Waals surface area contributed by atoms with Crippen LogP contribution in [0.1, 0.15) is 32.1 Å². The summed E-state index contributed by atoms with van der Waals surface area (Å²) in [5.74, 6) is 0. The second-order valence-electron chi connectivity index (χ2n) is 5.56. The van der Waals surface area contributed by atoms with E-state index in [0.29, 0.717) is 17.7 Å². The molecule has 1 heterocycles. The van der Waals surface area contributed by atoms with Gasteiger partial charge in [0.05, 0.1) is 20.7 Å². The minimum Gasteiger partial charge on any atom is -0.388 e. The summed E-state index contributed by atoms with van der Waals surface area (Å²) in [7, 11) is 0. The molecule has 0 amide bonds. The zero-order chi connectivity index (χ0) is 14.9. The van der Waals surface area contributed by atoms with Crippen molar-refractivity contribution < 1.29 is 10.0 Å². The van der Waals surface area contributed by atoms with Crippen LogP contribution in [0.4, 0.5) is 11.4 Å². The van der Waals surface area contributed by atoms with Crippen LogP contribution in [0.5, 0.6) is 0 Å². The zero-order valence-electron chi connectivity index (χ0n) is 11.5. The number of nitrogens with zero attached hydrogens (tertiary/aromatic N) is 2. The standard InChI is InChI=1S/C14H17N3O3S/c18-14(6-2-1-3-7-14)8-15-10-4-5-11-12(16-9-21-11)13(10)17(19)20/h4-5,9,15,18H,1-3,6-8H2. The summed E-state index contributed by atoms with van der Waals surface area (Å²) >= 11 is 1.38. The molecule has 2 aromatic rings. The van der Waals surface area contributed by atoms with Gasteiger partial charge in [-0.2, -0.15) is 0 Å². The number of benzene rings is 1. The number of hydrogen-bond donors (Lipinski definition) is 2. The summed E-state index contributed by atoms with van der Waals surface area (Å²) in [6.45, 7) is 0.337. The van der Waals surface area contributed by atoms with Crippen LogP contribution in [-0.4, -0.2) is 27.2 Å². The van der Waals surface area contributed by atoms with E-state index < -0.39 is 10.5 Å². The molecular weight excluding hydrogens is 290 g/mol. The molecule has 7 heteroatoms. The highest BCUT2D eigenvalue weighted by molar-refractivity contribution is 7.16. The van der Waals surface area contributed by atoms with E-state index in [9.17, 15) is 15.2 Å². The van der Waals surface area contributed by atoms with Crippen molar-refractivity contribution in [2.45, 2.75) is 37.7 Å². The van der Waals surface area contributed by atoms with E-state index >= 15 is 0 Å². The first kappa shape index (κ1) is 14.2. The highest BCUT2D eigenvalue weighted by atomic mass is 32.1. The van der Waals surface area contributed by atoms with Gasteiger partial charge < -0.3 is 10.4 Å². The first-order chi connectivity index (χ1) is 10.1. The van der Waals surface area contributed by atoms with Gasteiger partial charge in [0.1, 0.15) is 5.69 Å². The number of hydrogen-bond acceptors (Lipinski definition) is 6. The van der Waals surface area contributed by atoms with Gasteiger partial charge in [0.2, 0.25) is 0 Å². The molecule has 0 bridgehead atoms. The van der Waals surface area contributed by atoms with Crippen LogP contribution in [0.3, 0.4) is 0 Å². The number of aliphatic hydroxyl groups is 1. The molecule has 0 unspecified atom stereocenters.